The van der Waals surface area contributed by atoms with E-state index < -0.39 is 10.0 Å². The minimum absolute atomic E-state index is 0.183. The lowest BCUT2D eigenvalue weighted by Crippen LogP contribution is -2.47. The molecule has 7 nitrogen and oxygen atoms in total. The minimum atomic E-state index is -3.15. The van der Waals surface area contributed by atoms with Crippen molar-refractivity contribution in [2.45, 2.75) is 6.10 Å². The van der Waals surface area contributed by atoms with Crippen LogP contribution in [0.2, 0.25) is 0 Å². The van der Waals surface area contributed by atoms with Crippen LogP contribution in [0.15, 0.2) is 18.5 Å². The number of nitrogens with one attached hydrogen (secondary N) is 1. The summed E-state index contributed by atoms with van der Waals surface area (Å²) in [7, 11) is -3.15. The van der Waals surface area contributed by atoms with Crippen LogP contribution in [0.4, 0.5) is 5.95 Å². The van der Waals surface area contributed by atoms with E-state index in [-0.39, 0.29) is 6.10 Å². The molecule has 1 aromatic heterocycles. The summed E-state index contributed by atoms with van der Waals surface area (Å²) in [6, 6.07) is 1.73. The van der Waals surface area contributed by atoms with Crippen molar-refractivity contribution in [2.24, 2.45) is 0 Å². The van der Waals surface area contributed by atoms with Crippen molar-refractivity contribution in [2.75, 3.05) is 37.8 Å². The highest BCUT2D eigenvalue weighted by Crippen LogP contribution is 2.09. The maximum atomic E-state index is 11.4. The average molecular weight is 272 g/mol. The average Bonchev–Trinajstić information content (AvgIpc) is 2.37. The van der Waals surface area contributed by atoms with Gasteiger partial charge in [-0.3, -0.25) is 0 Å². The van der Waals surface area contributed by atoms with Crippen molar-refractivity contribution < 1.29 is 13.2 Å². The maximum Gasteiger partial charge on any atom is 0.222 e. The molecular weight excluding hydrogens is 256 g/mol. The monoisotopic (exact) mass is 272 g/mol. The number of ether oxygens (including phenoxy) is 1. The third-order valence-corrected chi connectivity index (χ3v) is 3.89. The normalized spacial score (nSPS) is 21.7. The second-order valence-electron chi connectivity index (χ2n) is 4.07. The molecule has 0 bridgehead atoms. The number of hydrogen-bond acceptors (Lipinski definition) is 6. The molecule has 1 aliphatic heterocycles. The number of morpholine rings is 1. The van der Waals surface area contributed by atoms with Gasteiger partial charge in [0.1, 0.15) is 0 Å². The van der Waals surface area contributed by atoms with Crippen LogP contribution in [0, 0.1) is 0 Å². The molecule has 0 radical (unpaired) electrons. The number of rotatable bonds is 4. The molecule has 2 rings (SSSR count). The lowest BCUT2D eigenvalue weighted by Gasteiger charge is -2.31. The second-order valence-corrected chi connectivity index (χ2v) is 6.05. The largest absolute Gasteiger partial charge is 0.374 e. The van der Waals surface area contributed by atoms with E-state index in [0.717, 1.165) is 0 Å². The van der Waals surface area contributed by atoms with Crippen LogP contribution in [0.3, 0.4) is 0 Å². The van der Waals surface area contributed by atoms with Gasteiger partial charge in [-0.25, -0.2) is 18.4 Å². The Morgan fingerprint density at radius 3 is 2.89 bits per heavy atom. The highest BCUT2D eigenvalue weighted by molar-refractivity contribution is 7.88. The molecule has 1 N–H and O–H groups in total. The molecule has 0 unspecified atom stereocenters. The summed E-state index contributed by atoms with van der Waals surface area (Å²) in [5.74, 6) is 0.512. The zero-order valence-corrected chi connectivity index (χ0v) is 10.9. The number of anilines is 1. The first-order valence-electron chi connectivity index (χ1n) is 5.63. The molecule has 0 amide bonds. The van der Waals surface area contributed by atoms with Crippen molar-refractivity contribution in [3.63, 3.8) is 0 Å². The molecule has 2 heterocycles. The molecule has 1 aromatic rings. The third kappa shape index (κ3) is 3.62. The Balaban J connectivity index is 1.87. The number of hydrogen-bond donors (Lipinski definition) is 1. The molecule has 0 spiro atoms. The zero-order chi connectivity index (χ0) is 13.0. The molecule has 100 valence electrons. The molecule has 1 aliphatic rings. The lowest BCUT2D eigenvalue weighted by atomic mass is 10.3. The smallest absolute Gasteiger partial charge is 0.222 e. The number of aromatic nitrogens is 2. The van der Waals surface area contributed by atoms with Gasteiger partial charge in [0.15, 0.2) is 0 Å². The van der Waals surface area contributed by atoms with Gasteiger partial charge in [-0.05, 0) is 6.07 Å². The quantitative estimate of drug-likeness (QED) is 0.799. The van der Waals surface area contributed by atoms with Crippen molar-refractivity contribution in [1.29, 1.82) is 0 Å². The van der Waals surface area contributed by atoms with Crippen LogP contribution in [0.5, 0.6) is 0 Å². The van der Waals surface area contributed by atoms with Crippen LogP contribution in [-0.4, -0.2) is 61.3 Å². The Morgan fingerprint density at radius 2 is 2.22 bits per heavy atom. The van der Waals surface area contributed by atoms with Gasteiger partial charge in [0.05, 0.1) is 19.0 Å². The predicted octanol–water partition coefficient (Wildman–Crippen LogP) is -0.451. The highest BCUT2D eigenvalue weighted by atomic mass is 32.2. The first-order valence-corrected chi connectivity index (χ1v) is 7.48. The molecule has 0 aliphatic carbocycles. The van der Waals surface area contributed by atoms with Gasteiger partial charge in [-0.1, -0.05) is 0 Å². The van der Waals surface area contributed by atoms with Crippen LogP contribution < -0.4 is 5.32 Å². The molecule has 0 saturated carbocycles. The fourth-order valence-electron chi connectivity index (χ4n) is 1.71. The van der Waals surface area contributed by atoms with Crippen LogP contribution in [0.1, 0.15) is 0 Å². The molecule has 1 atom stereocenters. The molecule has 8 heteroatoms. The summed E-state index contributed by atoms with van der Waals surface area (Å²) in [6.45, 7) is 1.67. The summed E-state index contributed by atoms with van der Waals surface area (Å²) in [5, 5.41) is 3.02. The van der Waals surface area contributed by atoms with Crippen LogP contribution in [0.25, 0.3) is 0 Å². The first kappa shape index (κ1) is 13.2. The third-order valence-electron chi connectivity index (χ3n) is 2.62. The minimum Gasteiger partial charge on any atom is -0.374 e. The van der Waals surface area contributed by atoms with Crippen molar-refractivity contribution in [1.82, 2.24) is 14.3 Å². The molecule has 1 fully saturated rings. The standard InChI is InChI=1S/C10H16N4O3S/c1-18(15,16)14-5-6-17-9(8-14)7-13-10-11-3-2-4-12-10/h2-4,9H,5-8H2,1H3,(H,11,12,13)/t9-/m0/s1. The maximum absolute atomic E-state index is 11.4. The molecule has 1 saturated heterocycles. The van der Waals surface area contributed by atoms with Gasteiger partial charge in [-0.2, -0.15) is 4.31 Å². The predicted molar refractivity (Wildman–Crippen MR) is 66.7 cm³/mol. The summed E-state index contributed by atoms with van der Waals surface area (Å²) >= 11 is 0. The number of sulfonamides is 1. The van der Waals surface area contributed by atoms with Crippen molar-refractivity contribution in [3.8, 4) is 0 Å². The zero-order valence-electron chi connectivity index (χ0n) is 10.1. The van der Waals surface area contributed by atoms with Gasteiger partial charge in [-0.15, -0.1) is 0 Å². The molecule has 0 aromatic carbocycles. The Kier molecular flexibility index (Phi) is 4.10. The Morgan fingerprint density at radius 1 is 1.50 bits per heavy atom. The lowest BCUT2D eigenvalue weighted by molar-refractivity contribution is 0.00696. The van der Waals surface area contributed by atoms with Gasteiger partial charge >= 0.3 is 0 Å². The second kappa shape index (κ2) is 5.59. The van der Waals surface area contributed by atoms with Crippen molar-refractivity contribution >= 4 is 16.0 Å². The number of nitrogens with zero attached hydrogens (tertiary/aromatic N) is 3. The van der Waals surface area contributed by atoms with Crippen LogP contribution in [-0.2, 0) is 14.8 Å². The first-order chi connectivity index (χ1) is 8.55. The highest BCUT2D eigenvalue weighted by Gasteiger charge is 2.26. The van der Waals surface area contributed by atoms with Gasteiger partial charge in [0, 0.05) is 32.0 Å². The van der Waals surface area contributed by atoms with Crippen molar-refractivity contribution in [3.05, 3.63) is 18.5 Å². The van der Waals surface area contributed by atoms with Gasteiger partial charge < -0.3 is 10.1 Å². The molecule has 18 heavy (non-hydrogen) atoms. The van der Waals surface area contributed by atoms with E-state index in [4.69, 9.17) is 4.74 Å². The Labute approximate surface area is 106 Å². The van der Waals surface area contributed by atoms with E-state index >= 15 is 0 Å². The van der Waals surface area contributed by atoms with E-state index in [0.29, 0.717) is 32.2 Å². The van der Waals surface area contributed by atoms with Crippen LogP contribution >= 0.6 is 0 Å². The SMILES string of the molecule is CS(=O)(=O)N1CCO[C@@H](CNc2ncccn2)C1. The summed E-state index contributed by atoms with van der Waals surface area (Å²) in [6.07, 6.45) is 4.31. The topological polar surface area (TPSA) is 84.4 Å². The summed E-state index contributed by atoms with van der Waals surface area (Å²) in [5.41, 5.74) is 0. The van der Waals surface area contributed by atoms with E-state index in [1.165, 1.54) is 10.6 Å². The molecular formula is C10H16N4O3S. The summed E-state index contributed by atoms with van der Waals surface area (Å²) < 4.78 is 29.8. The van der Waals surface area contributed by atoms with E-state index in [1.54, 1.807) is 18.5 Å². The van der Waals surface area contributed by atoms with Gasteiger partial charge in [0.2, 0.25) is 16.0 Å². The Bertz CT molecular complexity index is 479. The summed E-state index contributed by atoms with van der Waals surface area (Å²) in [4.78, 5) is 8.04. The van der Waals surface area contributed by atoms with E-state index in [9.17, 15) is 8.42 Å². The van der Waals surface area contributed by atoms with E-state index in [1.807, 2.05) is 0 Å². The fourth-order valence-corrected chi connectivity index (χ4v) is 2.56. The Hall–Kier alpha value is -1.25. The van der Waals surface area contributed by atoms with Gasteiger partial charge in [0.25, 0.3) is 0 Å². The van der Waals surface area contributed by atoms with E-state index in [2.05, 4.69) is 15.3 Å². The fraction of sp³-hybridized carbons (Fsp3) is 0.600.